The first-order valence-electron chi connectivity index (χ1n) is 9.11. The third kappa shape index (κ3) is 3.83. The lowest BCUT2D eigenvalue weighted by Crippen LogP contribution is -2.37. The first-order chi connectivity index (χ1) is 13.5. The molecular formula is C21H25FN2O4. The van der Waals surface area contributed by atoms with Gasteiger partial charge in [0.2, 0.25) is 11.7 Å². The molecule has 0 saturated carbocycles. The minimum Gasteiger partial charge on any atom is -0.493 e. The number of anilines is 2. The Hall–Kier alpha value is -2.96. The molecular weight excluding hydrogens is 363 g/mol. The summed E-state index contributed by atoms with van der Waals surface area (Å²) in [4.78, 5) is 14.6. The van der Waals surface area contributed by atoms with Crippen LogP contribution in [0.2, 0.25) is 0 Å². The van der Waals surface area contributed by atoms with Crippen molar-refractivity contribution in [1.29, 1.82) is 0 Å². The predicted octanol–water partition coefficient (Wildman–Crippen LogP) is 3.55. The Morgan fingerprint density at radius 3 is 2.43 bits per heavy atom. The number of nitrogens with zero attached hydrogens (tertiary/aromatic N) is 1. The van der Waals surface area contributed by atoms with E-state index < -0.39 is 0 Å². The number of amides is 1. The highest BCUT2D eigenvalue weighted by Crippen LogP contribution is 2.40. The highest BCUT2D eigenvalue weighted by Gasteiger charge is 2.24. The summed E-state index contributed by atoms with van der Waals surface area (Å²) >= 11 is 0. The SMILES string of the molecule is COc1cc(NC(=O)CN2CCCc3c(F)ccc(C)c32)cc(OC)c1OC. The van der Waals surface area contributed by atoms with Crippen LogP contribution < -0.4 is 24.4 Å². The van der Waals surface area contributed by atoms with Gasteiger partial charge < -0.3 is 24.4 Å². The summed E-state index contributed by atoms with van der Waals surface area (Å²) < 4.78 is 30.1. The Morgan fingerprint density at radius 2 is 1.82 bits per heavy atom. The Bertz CT molecular complexity index is 860. The van der Waals surface area contributed by atoms with Gasteiger partial charge in [0.15, 0.2) is 11.5 Å². The van der Waals surface area contributed by atoms with Crippen molar-refractivity contribution in [2.75, 3.05) is 44.6 Å². The first kappa shape index (κ1) is 19.8. The van der Waals surface area contributed by atoms with Crippen molar-refractivity contribution in [3.63, 3.8) is 0 Å². The number of carbonyl (C=O) groups excluding carboxylic acids is 1. The van der Waals surface area contributed by atoms with Crippen LogP contribution in [-0.4, -0.2) is 40.3 Å². The molecule has 1 aliphatic heterocycles. The molecule has 28 heavy (non-hydrogen) atoms. The number of aryl methyl sites for hydroxylation is 1. The van der Waals surface area contributed by atoms with Gasteiger partial charge in [0.05, 0.1) is 27.9 Å². The quantitative estimate of drug-likeness (QED) is 0.820. The van der Waals surface area contributed by atoms with Gasteiger partial charge in [-0.05, 0) is 31.4 Å². The third-order valence-corrected chi connectivity index (χ3v) is 4.88. The van der Waals surface area contributed by atoms with E-state index in [-0.39, 0.29) is 18.3 Å². The molecule has 1 N–H and O–H groups in total. The number of rotatable bonds is 6. The van der Waals surface area contributed by atoms with Gasteiger partial charge in [0.25, 0.3) is 0 Å². The minimum absolute atomic E-state index is 0.133. The maximum atomic E-state index is 14.2. The van der Waals surface area contributed by atoms with Gasteiger partial charge >= 0.3 is 0 Å². The van der Waals surface area contributed by atoms with Gasteiger partial charge in [-0.3, -0.25) is 4.79 Å². The van der Waals surface area contributed by atoms with Crippen molar-refractivity contribution in [1.82, 2.24) is 0 Å². The van der Waals surface area contributed by atoms with Crippen LogP contribution in [0.3, 0.4) is 0 Å². The molecule has 0 saturated heterocycles. The summed E-state index contributed by atoms with van der Waals surface area (Å²) in [7, 11) is 4.56. The van der Waals surface area contributed by atoms with E-state index in [4.69, 9.17) is 14.2 Å². The van der Waals surface area contributed by atoms with E-state index in [0.29, 0.717) is 41.5 Å². The lowest BCUT2D eigenvalue weighted by Gasteiger charge is -2.32. The number of ether oxygens (including phenoxy) is 3. The first-order valence-corrected chi connectivity index (χ1v) is 9.11. The Labute approximate surface area is 164 Å². The number of nitrogens with one attached hydrogen (secondary N) is 1. The number of hydrogen-bond donors (Lipinski definition) is 1. The molecule has 7 heteroatoms. The normalized spacial score (nSPS) is 13.0. The Balaban J connectivity index is 1.80. The van der Waals surface area contributed by atoms with Crippen molar-refractivity contribution in [2.45, 2.75) is 19.8 Å². The van der Waals surface area contributed by atoms with Crippen molar-refractivity contribution >= 4 is 17.3 Å². The van der Waals surface area contributed by atoms with Crippen molar-refractivity contribution in [2.24, 2.45) is 0 Å². The molecule has 6 nitrogen and oxygen atoms in total. The second-order valence-electron chi connectivity index (χ2n) is 6.68. The number of benzene rings is 2. The summed E-state index contributed by atoms with van der Waals surface area (Å²) in [6, 6.07) is 6.60. The zero-order chi connectivity index (χ0) is 20.3. The number of methoxy groups -OCH3 is 3. The van der Waals surface area contributed by atoms with E-state index in [9.17, 15) is 9.18 Å². The molecule has 0 bridgehead atoms. The average Bonchev–Trinajstić information content (AvgIpc) is 2.69. The second kappa shape index (κ2) is 8.37. The molecule has 0 aliphatic carbocycles. The van der Waals surface area contributed by atoms with Crippen molar-refractivity contribution in [3.05, 3.63) is 41.2 Å². The zero-order valence-corrected chi connectivity index (χ0v) is 16.6. The van der Waals surface area contributed by atoms with Gasteiger partial charge in [0, 0.05) is 35.6 Å². The fourth-order valence-electron chi connectivity index (χ4n) is 3.65. The molecule has 150 valence electrons. The van der Waals surface area contributed by atoms with Gasteiger partial charge in [-0.25, -0.2) is 4.39 Å². The number of fused-ring (bicyclic) bond motifs is 1. The monoisotopic (exact) mass is 388 g/mol. The highest BCUT2D eigenvalue weighted by molar-refractivity contribution is 5.95. The van der Waals surface area contributed by atoms with E-state index >= 15 is 0 Å². The van der Waals surface area contributed by atoms with Crippen LogP contribution >= 0.6 is 0 Å². The number of hydrogen-bond acceptors (Lipinski definition) is 5. The smallest absolute Gasteiger partial charge is 0.243 e. The van der Waals surface area contributed by atoms with Crippen LogP contribution in [0.4, 0.5) is 15.8 Å². The summed E-state index contributed by atoms with van der Waals surface area (Å²) in [5.74, 6) is 0.956. The standard InChI is InChI=1S/C21H25FN2O4/c1-13-7-8-16(22)15-6-5-9-24(20(13)15)12-19(25)23-14-10-17(26-2)21(28-4)18(11-14)27-3/h7-8,10-11H,5-6,9,12H2,1-4H3,(H,23,25). The molecule has 0 fully saturated rings. The fraction of sp³-hybridized carbons (Fsp3) is 0.381. The summed E-state index contributed by atoms with van der Waals surface area (Å²) in [5, 5.41) is 2.86. The van der Waals surface area contributed by atoms with E-state index in [2.05, 4.69) is 5.32 Å². The van der Waals surface area contributed by atoms with Crippen molar-refractivity contribution in [3.8, 4) is 17.2 Å². The maximum absolute atomic E-state index is 14.2. The molecule has 1 amide bonds. The molecule has 0 radical (unpaired) electrons. The lowest BCUT2D eigenvalue weighted by molar-refractivity contribution is -0.115. The molecule has 0 atom stereocenters. The van der Waals surface area contributed by atoms with Crippen molar-refractivity contribution < 1.29 is 23.4 Å². The topological polar surface area (TPSA) is 60.0 Å². The summed E-state index contributed by atoms with van der Waals surface area (Å²) in [5.41, 5.74) is 3.02. The summed E-state index contributed by atoms with van der Waals surface area (Å²) in [6.45, 7) is 2.78. The van der Waals surface area contributed by atoms with Gasteiger partial charge in [-0.1, -0.05) is 6.07 Å². The largest absolute Gasteiger partial charge is 0.493 e. The van der Waals surface area contributed by atoms with Crippen LogP contribution in [-0.2, 0) is 11.2 Å². The fourth-order valence-corrected chi connectivity index (χ4v) is 3.65. The van der Waals surface area contributed by atoms with Gasteiger partial charge in [-0.15, -0.1) is 0 Å². The third-order valence-electron chi connectivity index (χ3n) is 4.88. The van der Waals surface area contributed by atoms with Crippen LogP contribution in [0.5, 0.6) is 17.2 Å². The molecule has 2 aromatic rings. The Kier molecular flexibility index (Phi) is 5.92. The van der Waals surface area contributed by atoms with E-state index in [1.165, 1.54) is 27.4 Å². The van der Waals surface area contributed by atoms with Crippen LogP contribution in [0.15, 0.2) is 24.3 Å². The van der Waals surface area contributed by atoms with Gasteiger partial charge in [-0.2, -0.15) is 0 Å². The molecule has 3 rings (SSSR count). The Morgan fingerprint density at radius 1 is 1.14 bits per heavy atom. The van der Waals surface area contributed by atoms with Crippen LogP contribution in [0, 0.1) is 12.7 Å². The van der Waals surface area contributed by atoms with Crippen LogP contribution in [0.25, 0.3) is 0 Å². The lowest BCUT2D eigenvalue weighted by atomic mass is 9.97. The molecule has 0 spiro atoms. The molecule has 0 unspecified atom stereocenters. The molecule has 0 aromatic heterocycles. The zero-order valence-electron chi connectivity index (χ0n) is 16.6. The number of carbonyl (C=O) groups is 1. The minimum atomic E-state index is -0.213. The predicted molar refractivity (Wildman–Crippen MR) is 106 cm³/mol. The number of halogens is 1. The average molecular weight is 388 g/mol. The van der Waals surface area contributed by atoms with Crippen LogP contribution in [0.1, 0.15) is 17.5 Å². The summed E-state index contributed by atoms with van der Waals surface area (Å²) in [6.07, 6.45) is 1.50. The highest BCUT2D eigenvalue weighted by atomic mass is 19.1. The van der Waals surface area contributed by atoms with E-state index in [1.807, 2.05) is 11.8 Å². The second-order valence-corrected chi connectivity index (χ2v) is 6.68. The molecule has 1 aliphatic rings. The maximum Gasteiger partial charge on any atom is 0.243 e. The molecule has 2 aromatic carbocycles. The van der Waals surface area contributed by atoms with Gasteiger partial charge in [0.1, 0.15) is 5.82 Å². The van der Waals surface area contributed by atoms with E-state index in [0.717, 1.165) is 17.7 Å². The van der Waals surface area contributed by atoms with E-state index in [1.54, 1.807) is 18.2 Å². The molecule has 1 heterocycles.